The van der Waals surface area contributed by atoms with E-state index < -0.39 is 27.9 Å². The van der Waals surface area contributed by atoms with E-state index in [9.17, 15) is 24.8 Å². The number of hydrogen-bond donors (Lipinski definition) is 1. The summed E-state index contributed by atoms with van der Waals surface area (Å²) in [5.41, 5.74) is 0.437. The summed E-state index contributed by atoms with van der Waals surface area (Å²) < 4.78 is 0. The van der Waals surface area contributed by atoms with Gasteiger partial charge in [-0.2, -0.15) is 0 Å². The molecule has 28 heavy (non-hydrogen) atoms. The fourth-order valence-electron chi connectivity index (χ4n) is 2.67. The number of nitrogens with zero attached hydrogens (tertiary/aromatic N) is 1. The maximum Gasteiger partial charge on any atom is 0.342 e. The minimum Gasteiger partial charge on any atom is -0.477 e. The largest absolute Gasteiger partial charge is 0.477 e. The number of nitro groups is 1. The first kappa shape index (κ1) is 19.3. The van der Waals surface area contributed by atoms with Crippen molar-refractivity contribution in [3.8, 4) is 0 Å². The SMILES string of the molecule is O=C(c1ccccc1)c1cc([N+](=O)[O-])c(C(=O)O)cc1SCc1ccccc1. The Morgan fingerprint density at radius 1 is 0.929 bits per heavy atom. The highest BCUT2D eigenvalue weighted by atomic mass is 32.2. The Labute approximate surface area is 165 Å². The Kier molecular flexibility index (Phi) is 5.86. The van der Waals surface area contributed by atoms with Gasteiger partial charge in [0.15, 0.2) is 5.78 Å². The molecule has 140 valence electrons. The van der Waals surface area contributed by atoms with E-state index in [1.54, 1.807) is 30.3 Å². The maximum atomic E-state index is 13.0. The Balaban J connectivity index is 2.08. The van der Waals surface area contributed by atoms with Crippen LogP contribution in [0.25, 0.3) is 0 Å². The van der Waals surface area contributed by atoms with Gasteiger partial charge in [-0.15, -0.1) is 11.8 Å². The summed E-state index contributed by atoms with van der Waals surface area (Å²) >= 11 is 1.27. The van der Waals surface area contributed by atoms with Crippen molar-refractivity contribution in [2.75, 3.05) is 0 Å². The minimum absolute atomic E-state index is 0.115. The van der Waals surface area contributed by atoms with Gasteiger partial charge in [0.25, 0.3) is 5.69 Å². The molecular weight excluding hydrogens is 378 g/mol. The highest BCUT2D eigenvalue weighted by molar-refractivity contribution is 7.98. The first-order valence-corrected chi connectivity index (χ1v) is 9.28. The van der Waals surface area contributed by atoms with Gasteiger partial charge >= 0.3 is 5.97 Å². The number of carboxylic acid groups (broad SMARTS) is 1. The van der Waals surface area contributed by atoms with Crippen molar-refractivity contribution in [1.29, 1.82) is 0 Å². The highest BCUT2D eigenvalue weighted by Gasteiger charge is 2.26. The molecule has 0 amide bonds. The van der Waals surface area contributed by atoms with E-state index in [4.69, 9.17) is 0 Å². The second kappa shape index (κ2) is 8.49. The van der Waals surface area contributed by atoms with Gasteiger partial charge in [-0.3, -0.25) is 14.9 Å². The molecule has 0 unspecified atom stereocenters. The third-order valence-corrected chi connectivity index (χ3v) is 5.17. The monoisotopic (exact) mass is 393 g/mol. The lowest BCUT2D eigenvalue weighted by molar-refractivity contribution is -0.385. The van der Waals surface area contributed by atoms with Crippen LogP contribution >= 0.6 is 11.8 Å². The van der Waals surface area contributed by atoms with Crippen LogP contribution in [0.5, 0.6) is 0 Å². The van der Waals surface area contributed by atoms with Crippen molar-refractivity contribution in [1.82, 2.24) is 0 Å². The fourth-order valence-corrected chi connectivity index (χ4v) is 3.69. The number of rotatable bonds is 7. The first-order chi connectivity index (χ1) is 13.5. The molecule has 0 aliphatic rings. The van der Waals surface area contributed by atoms with Crippen LogP contribution in [0.4, 0.5) is 5.69 Å². The van der Waals surface area contributed by atoms with Crippen LogP contribution in [0.15, 0.2) is 77.7 Å². The van der Waals surface area contributed by atoms with Crippen LogP contribution < -0.4 is 0 Å². The number of carbonyl (C=O) groups excluding carboxylic acids is 1. The summed E-state index contributed by atoms with van der Waals surface area (Å²) in [6, 6.07) is 20.1. The lowest BCUT2D eigenvalue weighted by Gasteiger charge is -2.11. The number of benzene rings is 3. The minimum atomic E-state index is -1.41. The summed E-state index contributed by atoms with van der Waals surface area (Å²) in [5.74, 6) is -1.31. The number of nitro benzene ring substituents is 1. The second-order valence-electron chi connectivity index (χ2n) is 5.90. The first-order valence-electron chi connectivity index (χ1n) is 8.29. The molecule has 0 radical (unpaired) electrons. The van der Waals surface area contributed by atoms with Crippen molar-refractivity contribution in [3.63, 3.8) is 0 Å². The predicted octanol–water partition coefficient (Wildman–Crippen LogP) is 4.82. The Hall–Kier alpha value is -3.45. The molecule has 0 aromatic heterocycles. The van der Waals surface area contributed by atoms with E-state index in [2.05, 4.69) is 0 Å². The average Bonchev–Trinajstić information content (AvgIpc) is 2.72. The van der Waals surface area contributed by atoms with E-state index in [0.29, 0.717) is 16.2 Å². The Bertz CT molecular complexity index is 1040. The number of aromatic carboxylic acids is 1. The standard InChI is InChI=1S/C21H15NO5S/c23-20(15-9-5-2-6-10-15)17-11-18(22(26)27)16(21(24)25)12-19(17)28-13-14-7-3-1-4-8-14/h1-12H,13H2,(H,24,25). The van der Waals surface area contributed by atoms with Crippen molar-refractivity contribution < 1.29 is 19.6 Å². The molecule has 0 aliphatic carbocycles. The number of hydrogen-bond acceptors (Lipinski definition) is 5. The molecule has 3 aromatic carbocycles. The van der Waals surface area contributed by atoms with E-state index in [1.165, 1.54) is 17.8 Å². The molecular formula is C21H15NO5S. The summed E-state index contributed by atoms with van der Waals surface area (Å²) in [6.45, 7) is 0. The zero-order chi connectivity index (χ0) is 20.1. The van der Waals surface area contributed by atoms with Gasteiger partial charge in [0, 0.05) is 27.8 Å². The highest BCUT2D eigenvalue weighted by Crippen LogP contribution is 2.33. The van der Waals surface area contributed by atoms with Crippen molar-refractivity contribution in [2.45, 2.75) is 10.6 Å². The molecule has 3 rings (SSSR count). The molecule has 0 saturated carbocycles. The van der Waals surface area contributed by atoms with Gasteiger partial charge in [0.2, 0.25) is 0 Å². The molecule has 0 bridgehead atoms. The fraction of sp³-hybridized carbons (Fsp3) is 0.0476. The van der Waals surface area contributed by atoms with Gasteiger partial charge in [-0.05, 0) is 11.6 Å². The van der Waals surface area contributed by atoms with E-state index in [0.717, 1.165) is 11.6 Å². The number of ketones is 1. The molecule has 0 heterocycles. The van der Waals surface area contributed by atoms with Crippen LogP contribution in [0, 0.1) is 10.1 Å². The number of thioether (sulfide) groups is 1. The third-order valence-electron chi connectivity index (χ3n) is 4.04. The van der Waals surface area contributed by atoms with Crippen LogP contribution in [-0.4, -0.2) is 21.8 Å². The maximum absolute atomic E-state index is 13.0. The molecule has 3 aromatic rings. The summed E-state index contributed by atoms with van der Waals surface area (Å²) in [4.78, 5) is 35.4. The van der Waals surface area contributed by atoms with Crippen LogP contribution in [0.1, 0.15) is 31.8 Å². The Morgan fingerprint density at radius 3 is 2.11 bits per heavy atom. The van der Waals surface area contributed by atoms with Gasteiger partial charge in [0.1, 0.15) is 5.56 Å². The molecule has 7 heteroatoms. The van der Waals surface area contributed by atoms with Crippen LogP contribution in [0.2, 0.25) is 0 Å². The van der Waals surface area contributed by atoms with E-state index in [1.807, 2.05) is 30.3 Å². The third kappa shape index (κ3) is 4.27. The van der Waals surface area contributed by atoms with E-state index >= 15 is 0 Å². The predicted molar refractivity (Wildman–Crippen MR) is 106 cm³/mol. The zero-order valence-corrected chi connectivity index (χ0v) is 15.4. The zero-order valence-electron chi connectivity index (χ0n) is 14.6. The average molecular weight is 393 g/mol. The van der Waals surface area contributed by atoms with Gasteiger partial charge < -0.3 is 5.11 Å². The van der Waals surface area contributed by atoms with Crippen molar-refractivity contribution >= 4 is 29.2 Å². The molecule has 0 saturated heterocycles. The lowest BCUT2D eigenvalue weighted by Crippen LogP contribution is -2.09. The number of carboxylic acids is 1. The normalized spacial score (nSPS) is 10.4. The van der Waals surface area contributed by atoms with Crippen LogP contribution in [0.3, 0.4) is 0 Å². The van der Waals surface area contributed by atoms with Gasteiger partial charge in [-0.1, -0.05) is 60.7 Å². The van der Waals surface area contributed by atoms with Crippen molar-refractivity contribution in [3.05, 3.63) is 105 Å². The second-order valence-corrected chi connectivity index (χ2v) is 6.91. The van der Waals surface area contributed by atoms with Gasteiger partial charge in [-0.25, -0.2) is 4.79 Å². The summed E-state index contributed by atoms with van der Waals surface area (Å²) in [7, 11) is 0. The molecule has 0 spiro atoms. The number of carbonyl (C=O) groups is 2. The molecule has 0 fully saturated rings. The molecule has 0 aliphatic heterocycles. The smallest absolute Gasteiger partial charge is 0.342 e. The molecule has 0 atom stereocenters. The summed E-state index contributed by atoms with van der Waals surface area (Å²) in [5, 5.41) is 20.7. The van der Waals surface area contributed by atoms with Crippen LogP contribution in [-0.2, 0) is 5.75 Å². The van der Waals surface area contributed by atoms with Gasteiger partial charge in [0.05, 0.1) is 4.92 Å². The topological polar surface area (TPSA) is 97.5 Å². The quantitative estimate of drug-likeness (QED) is 0.268. The van der Waals surface area contributed by atoms with E-state index in [-0.39, 0.29) is 5.56 Å². The molecule has 6 nitrogen and oxygen atoms in total. The summed E-state index contributed by atoms with van der Waals surface area (Å²) in [6.07, 6.45) is 0. The lowest BCUT2D eigenvalue weighted by atomic mass is 10.0. The van der Waals surface area contributed by atoms with Crippen molar-refractivity contribution in [2.24, 2.45) is 0 Å². The Morgan fingerprint density at radius 2 is 1.54 bits per heavy atom. The molecule has 1 N–H and O–H groups in total.